The second-order valence-electron chi connectivity index (χ2n) is 6.60. The molecule has 6 nitrogen and oxygen atoms in total. The summed E-state index contributed by atoms with van der Waals surface area (Å²) in [4.78, 5) is 34.4. The Bertz CT molecular complexity index is 674. The maximum atomic E-state index is 12.6. The average Bonchev–Trinajstić information content (AvgIpc) is 2.62. The molecule has 0 aliphatic rings. The van der Waals surface area contributed by atoms with Crippen molar-refractivity contribution in [2.24, 2.45) is 0 Å². The van der Waals surface area contributed by atoms with E-state index in [9.17, 15) is 14.4 Å². The van der Waals surface area contributed by atoms with Gasteiger partial charge in [-0.25, -0.2) is 0 Å². The molecule has 0 fully saturated rings. The van der Waals surface area contributed by atoms with Gasteiger partial charge in [0.1, 0.15) is 5.76 Å². The van der Waals surface area contributed by atoms with Gasteiger partial charge in [0, 0.05) is 25.3 Å². The minimum Gasteiger partial charge on any atom is -0.468 e. The van der Waals surface area contributed by atoms with Gasteiger partial charge >= 0.3 is 11.9 Å². The Hall–Kier alpha value is -2.11. The molecule has 0 unspecified atom stereocenters. The van der Waals surface area contributed by atoms with E-state index in [1.807, 2.05) is 13.8 Å². The fourth-order valence-corrected chi connectivity index (χ4v) is 3.14. The standard InChI is InChI=1S/C21H32O6/c1-5-16-18(27-21(25-4)17(6-2)20(16)24)13-11-9-7-8-10-12-14-19(23)26-15(3)22/h5-14H2,1-4H3. The van der Waals surface area contributed by atoms with Gasteiger partial charge in [-0.3, -0.25) is 14.4 Å². The predicted octanol–water partition coefficient (Wildman–Crippen LogP) is 4.14. The normalized spacial score (nSPS) is 10.7. The zero-order valence-electron chi connectivity index (χ0n) is 17.0. The number of carbonyl (C=O) groups is 2. The maximum absolute atomic E-state index is 12.6. The molecule has 0 aliphatic heterocycles. The highest BCUT2D eigenvalue weighted by Gasteiger charge is 2.17. The van der Waals surface area contributed by atoms with E-state index >= 15 is 0 Å². The summed E-state index contributed by atoms with van der Waals surface area (Å²) in [6.45, 7) is 5.13. The minimum absolute atomic E-state index is 0.0514. The van der Waals surface area contributed by atoms with E-state index in [-0.39, 0.29) is 11.8 Å². The molecule has 1 rings (SSSR count). The summed E-state index contributed by atoms with van der Waals surface area (Å²) in [7, 11) is 1.53. The van der Waals surface area contributed by atoms with Crippen molar-refractivity contribution in [2.45, 2.75) is 85.0 Å². The first-order chi connectivity index (χ1) is 12.9. The van der Waals surface area contributed by atoms with Gasteiger partial charge in [0.15, 0.2) is 5.43 Å². The van der Waals surface area contributed by atoms with E-state index in [0.717, 1.165) is 56.3 Å². The first-order valence-corrected chi connectivity index (χ1v) is 9.87. The second kappa shape index (κ2) is 12.3. The first-order valence-electron chi connectivity index (χ1n) is 9.87. The Labute approximate surface area is 161 Å². The molecule has 0 bridgehead atoms. The summed E-state index contributed by atoms with van der Waals surface area (Å²) in [5.74, 6) is 0.0754. The zero-order valence-corrected chi connectivity index (χ0v) is 17.0. The fraction of sp³-hybridized carbons (Fsp3) is 0.667. The third-order valence-corrected chi connectivity index (χ3v) is 4.53. The zero-order chi connectivity index (χ0) is 20.2. The molecule has 6 heteroatoms. The van der Waals surface area contributed by atoms with Crippen molar-refractivity contribution in [3.05, 3.63) is 27.1 Å². The van der Waals surface area contributed by atoms with Crippen molar-refractivity contribution in [1.82, 2.24) is 0 Å². The number of methoxy groups -OCH3 is 1. The quantitative estimate of drug-likeness (QED) is 0.308. The molecule has 0 N–H and O–H groups in total. The van der Waals surface area contributed by atoms with Crippen LogP contribution in [0.5, 0.6) is 5.95 Å². The van der Waals surface area contributed by atoms with E-state index in [4.69, 9.17) is 9.15 Å². The van der Waals surface area contributed by atoms with Crippen LogP contribution in [0.25, 0.3) is 0 Å². The number of hydrogen-bond acceptors (Lipinski definition) is 6. The van der Waals surface area contributed by atoms with Crippen LogP contribution in [-0.4, -0.2) is 19.0 Å². The van der Waals surface area contributed by atoms with E-state index in [2.05, 4.69) is 4.74 Å². The van der Waals surface area contributed by atoms with E-state index in [1.165, 1.54) is 14.0 Å². The Balaban J connectivity index is 2.38. The fourth-order valence-electron chi connectivity index (χ4n) is 3.14. The molecule has 1 aromatic rings. The van der Waals surface area contributed by atoms with Crippen LogP contribution in [0, 0.1) is 0 Å². The third-order valence-electron chi connectivity index (χ3n) is 4.53. The van der Waals surface area contributed by atoms with E-state index in [1.54, 1.807) is 0 Å². The third kappa shape index (κ3) is 7.57. The predicted molar refractivity (Wildman–Crippen MR) is 103 cm³/mol. The molecule has 0 radical (unpaired) electrons. The van der Waals surface area contributed by atoms with Crippen molar-refractivity contribution in [1.29, 1.82) is 0 Å². The second-order valence-corrected chi connectivity index (χ2v) is 6.60. The lowest BCUT2D eigenvalue weighted by Crippen LogP contribution is -2.17. The van der Waals surface area contributed by atoms with Crippen molar-refractivity contribution in [3.63, 3.8) is 0 Å². The summed E-state index contributed by atoms with van der Waals surface area (Å²) in [6.07, 6.45) is 7.98. The molecular weight excluding hydrogens is 348 g/mol. The SMILES string of the molecule is CCc1c(CCCCCCCCC(=O)OC(C)=O)oc(OC)c(CC)c1=O. The number of carbonyl (C=O) groups excluding carboxylic acids is 2. The highest BCUT2D eigenvalue weighted by Crippen LogP contribution is 2.22. The molecule has 0 atom stereocenters. The molecule has 27 heavy (non-hydrogen) atoms. The van der Waals surface area contributed by atoms with E-state index < -0.39 is 11.9 Å². The molecule has 0 saturated carbocycles. The summed E-state index contributed by atoms with van der Waals surface area (Å²) < 4.78 is 15.6. The lowest BCUT2D eigenvalue weighted by Gasteiger charge is -2.12. The van der Waals surface area contributed by atoms with Crippen LogP contribution >= 0.6 is 0 Å². The molecule has 0 aliphatic carbocycles. The highest BCUT2D eigenvalue weighted by molar-refractivity contribution is 5.83. The van der Waals surface area contributed by atoms with Gasteiger partial charge in [-0.2, -0.15) is 0 Å². The van der Waals surface area contributed by atoms with Crippen LogP contribution in [0.4, 0.5) is 0 Å². The summed E-state index contributed by atoms with van der Waals surface area (Å²) in [5.41, 5.74) is 1.42. The summed E-state index contributed by atoms with van der Waals surface area (Å²) >= 11 is 0. The average molecular weight is 380 g/mol. The molecule has 0 spiro atoms. The molecule has 0 saturated heterocycles. The number of unbranched alkanes of at least 4 members (excludes halogenated alkanes) is 5. The van der Waals surface area contributed by atoms with E-state index in [0.29, 0.717) is 24.4 Å². The number of rotatable bonds is 12. The molecule has 1 aromatic heterocycles. The van der Waals surface area contributed by atoms with Gasteiger partial charge in [-0.15, -0.1) is 0 Å². The molecule has 152 valence electrons. The highest BCUT2D eigenvalue weighted by atomic mass is 16.6. The van der Waals surface area contributed by atoms with Gasteiger partial charge in [0.25, 0.3) is 5.95 Å². The number of aryl methyl sites for hydroxylation is 1. The van der Waals surface area contributed by atoms with Crippen LogP contribution in [-0.2, 0) is 33.6 Å². The summed E-state index contributed by atoms with van der Waals surface area (Å²) in [6, 6.07) is 0. The lowest BCUT2D eigenvalue weighted by atomic mass is 10.0. The maximum Gasteiger partial charge on any atom is 0.313 e. The van der Waals surface area contributed by atoms with Gasteiger partial charge in [-0.1, -0.05) is 39.5 Å². The van der Waals surface area contributed by atoms with Gasteiger partial charge < -0.3 is 13.9 Å². The minimum atomic E-state index is -0.554. The van der Waals surface area contributed by atoms with Crippen molar-refractivity contribution in [2.75, 3.05) is 7.11 Å². The number of esters is 2. The van der Waals surface area contributed by atoms with Crippen LogP contribution in [0.2, 0.25) is 0 Å². The lowest BCUT2D eigenvalue weighted by molar-refractivity contribution is -0.158. The van der Waals surface area contributed by atoms with Crippen LogP contribution < -0.4 is 10.2 Å². The van der Waals surface area contributed by atoms with Crippen LogP contribution in [0.1, 0.15) is 82.6 Å². The largest absolute Gasteiger partial charge is 0.468 e. The molecule has 0 amide bonds. The van der Waals surface area contributed by atoms with Crippen molar-refractivity contribution in [3.8, 4) is 5.95 Å². The topological polar surface area (TPSA) is 82.8 Å². The molecule has 0 aromatic carbocycles. The first kappa shape index (κ1) is 22.9. The van der Waals surface area contributed by atoms with Gasteiger partial charge in [-0.05, 0) is 25.7 Å². The Morgan fingerprint density at radius 2 is 1.52 bits per heavy atom. The molecular formula is C21H32O6. The number of hydrogen-bond donors (Lipinski definition) is 0. The monoisotopic (exact) mass is 380 g/mol. The summed E-state index contributed by atoms with van der Waals surface area (Å²) in [5, 5.41) is 0. The Morgan fingerprint density at radius 3 is 2.07 bits per heavy atom. The van der Waals surface area contributed by atoms with Crippen molar-refractivity contribution < 1.29 is 23.5 Å². The van der Waals surface area contributed by atoms with Gasteiger partial charge in [0.05, 0.1) is 12.7 Å². The van der Waals surface area contributed by atoms with Crippen molar-refractivity contribution >= 4 is 11.9 Å². The van der Waals surface area contributed by atoms with Crippen LogP contribution in [0.15, 0.2) is 9.21 Å². The molecule has 1 heterocycles. The Kier molecular flexibility index (Phi) is 10.5. The van der Waals surface area contributed by atoms with Gasteiger partial charge in [0.2, 0.25) is 0 Å². The van der Waals surface area contributed by atoms with Crippen LogP contribution in [0.3, 0.4) is 0 Å². The Morgan fingerprint density at radius 1 is 0.926 bits per heavy atom. The smallest absolute Gasteiger partial charge is 0.313 e. The number of ether oxygens (including phenoxy) is 2.